The fourth-order valence-corrected chi connectivity index (χ4v) is 3.01. The molecule has 1 aliphatic carbocycles. The summed E-state index contributed by atoms with van der Waals surface area (Å²) < 4.78 is 0. The zero-order valence-electron chi connectivity index (χ0n) is 11.5. The Balaban J connectivity index is 1.57. The number of aliphatic hydroxyl groups is 1. The van der Waals surface area contributed by atoms with E-state index < -0.39 is 5.60 Å². The fraction of sp³-hybridized carbons (Fsp3) is 0.857. The normalized spacial score (nSPS) is 21.9. The highest BCUT2D eigenvalue weighted by Gasteiger charge is 2.33. The van der Waals surface area contributed by atoms with Gasteiger partial charge in [0.15, 0.2) is 0 Å². The first-order valence-corrected chi connectivity index (χ1v) is 7.36. The minimum absolute atomic E-state index is 0.0721. The van der Waals surface area contributed by atoms with Crippen molar-refractivity contribution in [3.8, 4) is 0 Å². The third kappa shape index (κ3) is 4.20. The van der Waals surface area contributed by atoms with Crippen LogP contribution in [-0.2, 0) is 9.59 Å². The predicted molar refractivity (Wildman–Crippen MR) is 71.5 cm³/mol. The summed E-state index contributed by atoms with van der Waals surface area (Å²) in [6.45, 7) is 2.16. The van der Waals surface area contributed by atoms with Crippen LogP contribution in [0.3, 0.4) is 0 Å². The van der Waals surface area contributed by atoms with Gasteiger partial charge in [-0.3, -0.25) is 9.59 Å². The second-order valence-electron chi connectivity index (χ2n) is 5.80. The molecule has 0 aromatic carbocycles. The number of hydrogen-bond donors (Lipinski definition) is 2. The van der Waals surface area contributed by atoms with E-state index in [1.165, 1.54) is 0 Å². The summed E-state index contributed by atoms with van der Waals surface area (Å²) in [4.78, 5) is 25.0. The number of rotatable bonds is 6. The van der Waals surface area contributed by atoms with Crippen LogP contribution in [0.5, 0.6) is 0 Å². The van der Waals surface area contributed by atoms with Crippen LogP contribution in [0.2, 0.25) is 0 Å². The summed E-state index contributed by atoms with van der Waals surface area (Å²) in [5, 5.41) is 12.9. The lowest BCUT2D eigenvalue weighted by Gasteiger charge is -2.21. The number of nitrogens with zero attached hydrogens (tertiary/aromatic N) is 1. The van der Waals surface area contributed by atoms with Crippen LogP contribution in [0.25, 0.3) is 0 Å². The molecule has 5 nitrogen and oxygen atoms in total. The van der Waals surface area contributed by atoms with Crippen molar-refractivity contribution in [2.24, 2.45) is 0 Å². The van der Waals surface area contributed by atoms with E-state index in [0.717, 1.165) is 51.6 Å². The standard InChI is InChI=1S/C14H24N2O3/c17-12(11-14(19)6-1-2-7-14)15-8-4-10-16-9-3-5-13(16)18/h19H,1-11H2,(H,15,17). The maximum Gasteiger partial charge on any atom is 0.222 e. The first kappa shape index (κ1) is 14.3. The molecule has 1 heterocycles. The first-order valence-electron chi connectivity index (χ1n) is 7.36. The first-order chi connectivity index (χ1) is 9.09. The number of carbonyl (C=O) groups is 2. The van der Waals surface area contributed by atoms with Gasteiger partial charge in [-0.2, -0.15) is 0 Å². The van der Waals surface area contributed by atoms with Crippen LogP contribution in [0.15, 0.2) is 0 Å². The molecule has 2 aliphatic rings. The molecule has 2 rings (SSSR count). The molecule has 1 saturated heterocycles. The third-order valence-electron chi connectivity index (χ3n) is 4.12. The molecule has 0 unspecified atom stereocenters. The van der Waals surface area contributed by atoms with E-state index in [1.807, 2.05) is 4.90 Å². The molecule has 0 aromatic heterocycles. The van der Waals surface area contributed by atoms with Gasteiger partial charge in [0.2, 0.25) is 11.8 Å². The SMILES string of the molecule is O=C(CC1(O)CCCC1)NCCCN1CCCC1=O. The molecule has 5 heteroatoms. The van der Waals surface area contributed by atoms with Crippen LogP contribution in [0, 0.1) is 0 Å². The van der Waals surface area contributed by atoms with E-state index in [-0.39, 0.29) is 18.2 Å². The van der Waals surface area contributed by atoms with Gasteiger partial charge in [0, 0.05) is 26.1 Å². The molecule has 0 bridgehead atoms. The summed E-state index contributed by atoms with van der Waals surface area (Å²) in [5.74, 6) is 0.156. The lowest BCUT2D eigenvalue weighted by molar-refractivity contribution is -0.127. The number of carbonyl (C=O) groups excluding carboxylic acids is 2. The van der Waals surface area contributed by atoms with Gasteiger partial charge in [-0.05, 0) is 25.7 Å². The highest BCUT2D eigenvalue weighted by molar-refractivity contribution is 5.78. The highest BCUT2D eigenvalue weighted by Crippen LogP contribution is 2.32. The monoisotopic (exact) mass is 268 g/mol. The average Bonchev–Trinajstić information content (AvgIpc) is 2.94. The minimum atomic E-state index is -0.769. The Morgan fingerprint density at radius 3 is 2.68 bits per heavy atom. The summed E-state index contributed by atoms with van der Waals surface area (Å²) in [6.07, 6.45) is 6.14. The average molecular weight is 268 g/mol. The van der Waals surface area contributed by atoms with Crippen LogP contribution in [0.4, 0.5) is 0 Å². The van der Waals surface area contributed by atoms with Crippen molar-refractivity contribution in [2.75, 3.05) is 19.6 Å². The summed E-state index contributed by atoms with van der Waals surface area (Å²) in [7, 11) is 0. The number of amides is 2. The topological polar surface area (TPSA) is 69.6 Å². The quantitative estimate of drug-likeness (QED) is 0.700. The third-order valence-corrected chi connectivity index (χ3v) is 4.12. The van der Waals surface area contributed by atoms with Gasteiger partial charge in [-0.1, -0.05) is 12.8 Å². The molecule has 1 aliphatic heterocycles. The Morgan fingerprint density at radius 2 is 2.05 bits per heavy atom. The summed E-state index contributed by atoms with van der Waals surface area (Å²) in [5.41, 5.74) is -0.769. The van der Waals surface area contributed by atoms with Crippen molar-refractivity contribution in [1.29, 1.82) is 0 Å². The lowest BCUT2D eigenvalue weighted by Crippen LogP contribution is -2.36. The Bertz CT molecular complexity index is 338. The van der Waals surface area contributed by atoms with Crippen molar-refractivity contribution in [1.82, 2.24) is 10.2 Å². The molecule has 2 N–H and O–H groups in total. The Morgan fingerprint density at radius 1 is 1.32 bits per heavy atom. The largest absolute Gasteiger partial charge is 0.389 e. The van der Waals surface area contributed by atoms with Gasteiger partial charge in [-0.25, -0.2) is 0 Å². The molecule has 0 radical (unpaired) electrons. The number of nitrogens with one attached hydrogen (secondary N) is 1. The van der Waals surface area contributed by atoms with Gasteiger partial charge < -0.3 is 15.3 Å². The van der Waals surface area contributed by atoms with Crippen molar-refractivity contribution in [3.63, 3.8) is 0 Å². The molecule has 2 fully saturated rings. The van der Waals surface area contributed by atoms with E-state index in [2.05, 4.69) is 5.32 Å². The smallest absolute Gasteiger partial charge is 0.222 e. The lowest BCUT2D eigenvalue weighted by atomic mass is 9.98. The van der Waals surface area contributed by atoms with Gasteiger partial charge >= 0.3 is 0 Å². The van der Waals surface area contributed by atoms with Crippen LogP contribution >= 0.6 is 0 Å². The molecule has 2 amide bonds. The maximum absolute atomic E-state index is 11.7. The van der Waals surface area contributed by atoms with Crippen molar-refractivity contribution < 1.29 is 14.7 Å². The van der Waals surface area contributed by atoms with E-state index >= 15 is 0 Å². The molecule has 0 atom stereocenters. The van der Waals surface area contributed by atoms with Crippen LogP contribution in [-0.4, -0.2) is 47.1 Å². The number of hydrogen-bond acceptors (Lipinski definition) is 3. The van der Waals surface area contributed by atoms with Crippen molar-refractivity contribution in [2.45, 2.75) is 57.0 Å². The van der Waals surface area contributed by atoms with Gasteiger partial charge in [0.25, 0.3) is 0 Å². The van der Waals surface area contributed by atoms with E-state index in [1.54, 1.807) is 0 Å². The van der Waals surface area contributed by atoms with Crippen LogP contribution in [0.1, 0.15) is 51.4 Å². The summed E-state index contributed by atoms with van der Waals surface area (Å²) in [6, 6.07) is 0. The summed E-state index contributed by atoms with van der Waals surface area (Å²) >= 11 is 0. The van der Waals surface area contributed by atoms with E-state index in [4.69, 9.17) is 0 Å². The molecular formula is C14H24N2O3. The van der Waals surface area contributed by atoms with Crippen LogP contribution < -0.4 is 5.32 Å². The highest BCUT2D eigenvalue weighted by atomic mass is 16.3. The molecule has 0 aromatic rings. The Kier molecular flexibility index (Phi) is 4.80. The zero-order valence-corrected chi connectivity index (χ0v) is 11.5. The van der Waals surface area contributed by atoms with Crippen molar-refractivity contribution in [3.05, 3.63) is 0 Å². The Hall–Kier alpha value is -1.10. The predicted octanol–water partition coefficient (Wildman–Crippen LogP) is 0.810. The molecule has 19 heavy (non-hydrogen) atoms. The fourth-order valence-electron chi connectivity index (χ4n) is 3.01. The van der Waals surface area contributed by atoms with Gasteiger partial charge in [0.1, 0.15) is 0 Å². The molecular weight excluding hydrogens is 244 g/mol. The Labute approximate surface area is 114 Å². The van der Waals surface area contributed by atoms with E-state index in [0.29, 0.717) is 13.0 Å². The maximum atomic E-state index is 11.7. The molecule has 108 valence electrons. The number of likely N-dealkylation sites (tertiary alicyclic amines) is 1. The minimum Gasteiger partial charge on any atom is -0.389 e. The second kappa shape index (κ2) is 6.37. The van der Waals surface area contributed by atoms with Gasteiger partial charge in [-0.15, -0.1) is 0 Å². The zero-order chi connectivity index (χ0) is 13.7. The van der Waals surface area contributed by atoms with Crippen molar-refractivity contribution >= 4 is 11.8 Å². The molecule has 1 saturated carbocycles. The molecule has 0 spiro atoms. The van der Waals surface area contributed by atoms with E-state index in [9.17, 15) is 14.7 Å². The second-order valence-corrected chi connectivity index (χ2v) is 5.80. The van der Waals surface area contributed by atoms with Gasteiger partial charge in [0.05, 0.1) is 12.0 Å².